The highest BCUT2D eigenvalue weighted by Gasteiger charge is 2.19. The molecule has 0 heterocycles. The first-order chi connectivity index (χ1) is 12.4. The standard InChI is InChI=1S/C23H32N2O/c1-7-22(26-6)23(18-8-12-20(13-9-18)24-16(2)3)19-10-14-21(15-11-19)25-17(4)5/h7-17,23-25H,1-6H3/b22-7-. The van der Waals surface area contributed by atoms with Gasteiger partial charge in [0.1, 0.15) is 5.76 Å². The van der Waals surface area contributed by atoms with E-state index in [0.29, 0.717) is 12.1 Å². The van der Waals surface area contributed by atoms with Gasteiger partial charge in [0.25, 0.3) is 0 Å². The van der Waals surface area contributed by atoms with Crippen LogP contribution in [0, 0.1) is 0 Å². The van der Waals surface area contributed by atoms with Crippen molar-refractivity contribution in [1.82, 2.24) is 0 Å². The number of ether oxygens (including phenoxy) is 1. The maximum Gasteiger partial charge on any atom is 0.103 e. The summed E-state index contributed by atoms with van der Waals surface area (Å²) in [6.07, 6.45) is 2.05. The minimum absolute atomic E-state index is 0.0891. The van der Waals surface area contributed by atoms with E-state index in [-0.39, 0.29) is 5.92 Å². The monoisotopic (exact) mass is 352 g/mol. The lowest BCUT2D eigenvalue weighted by Gasteiger charge is -2.22. The zero-order valence-electron chi connectivity index (χ0n) is 16.8. The quantitative estimate of drug-likeness (QED) is 0.571. The van der Waals surface area contributed by atoms with Gasteiger partial charge in [-0.1, -0.05) is 24.3 Å². The molecule has 2 aromatic rings. The van der Waals surface area contributed by atoms with Crippen molar-refractivity contribution in [3.63, 3.8) is 0 Å². The lowest BCUT2D eigenvalue weighted by Crippen LogP contribution is -2.11. The summed E-state index contributed by atoms with van der Waals surface area (Å²) in [5.41, 5.74) is 4.72. The van der Waals surface area contributed by atoms with Crippen LogP contribution in [0.4, 0.5) is 11.4 Å². The van der Waals surface area contributed by atoms with Crippen molar-refractivity contribution < 1.29 is 4.74 Å². The van der Waals surface area contributed by atoms with Gasteiger partial charge in [-0.15, -0.1) is 0 Å². The normalized spacial score (nSPS) is 12.0. The van der Waals surface area contributed by atoms with Crippen LogP contribution in [0.15, 0.2) is 60.4 Å². The highest BCUT2D eigenvalue weighted by Crippen LogP contribution is 2.33. The van der Waals surface area contributed by atoms with Crippen molar-refractivity contribution in [2.75, 3.05) is 17.7 Å². The van der Waals surface area contributed by atoms with Gasteiger partial charge < -0.3 is 15.4 Å². The van der Waals surface area contributed by atoms with Gasteiger partial charge in [-0.2, -0.15) is 0 Å². The van der Waals surface area contributed by atoms with E-state index in [9.17, 15) is 0 Å². The van der Waals surface area contributed by atoms with Crippen molar-refractivity contribution in [2.45, 2.75) is 52.6 Å². The zero-order valence-corrected chi connectivity index (χ0v) is 16.8. The Kier molecular flexibility index (Phi) is 7.14. The number of allylic oxidation sites excluding steroid dienone is 2. The second kappa shape index (κ2) is 9.33. The molecule has 0 radical (unpaired) electrons. The molecule has 0 bridgehead atoms. The Morgan fingerprint density at radius 2 is 1.15 bits per heavy atom. The number of hydrogen-bond donors (Lipinski definition) is 2. The van der Waals surface area contributed by atoms with E-state index in [2.05, 4.69) is 86.9 Å². The molecule has 140 valence electrons. The van der Waals surface area contributed by atoms with Gasteiger partial charge in [0.05, 0.1) is 13.0 Å². The molecular formula is C23H32N2O. The van der Waals surface area contributed by atoms with E-state index in [1.807, 2.05) is 13.0 Å². The summed E-state index contributed by atoms with van der Waals surface area (Å²) in [6, 6.07) is 18.1. The smallest absolute Gasteiger partial charge is 0.103 e. The molecule has 26 heavy (non-hydrogen) atoms. The summed E-state index contributed by atoms with van der Waals surface area (Å²) < 4.78 is 5.69. The third-order valence-corrected chi connectivity index (χ3v) is 4.20. The molecule has 3 heteroatoms. The zero-order chi connectivity index (χ0) is 19.1. The number of benzene rings is 2. The Morgan fingerprint density at radius 1 is 0.769 bits per heavy atom. The summed E-state index contributed by atoms with van der Waals surface area (Å²) in [4.78, 5) is 0. The van der Waals surface area contributed by atoms with E-state index >= 15 is 0 Å². The second-order valence-electron chi connectivity index (χ2n) is 7.17. The lowest BCUT2D eigenvalue weighted by molar-refractivity contribution is 0.272. The molecule has 0 spiro atoms. The fourth-order valence-corrected chi connectivity index (χ4v) is 3.13. The number of anilines is 2. The van der Waals surface area contributed by atoms with Crippen molar-refractivity contribution in [3.05, 3.63) is 71.5 Å². The van der Waals surface area contributed by atoms with E-state index < -0.39 is 0 Å². The van der Waals surface area contributed by atoms with Gasteiger partial charge >= 0.3 is 0 Å². The Balaban J connectivity index is 2.35. The molecule has 0 aliphatic heterocycles. The molecule has 2 rings (SSSR count). The largest absolute Gasteiger partial charge is 0.500 e. The summed E-state index contributed by atoms with van der Waals surface area (Å²) in [5.74, 6) is 1.05. The van der Waals surface area contributed by atoms with Crippen molar-refractivity contribution in [2.24, 2.45) is 0 Å². The van der Waals surface area contributed by atoms with E-state index in [0.717, 1.165) is 17.1 Å². The summed E-state index contributed by atoms with van der Waals surface area (Å²) in [7, 11) is 1.74. The van der Waals surface area contributed by atoms with Gasteiger partial charge in [0, 0.05) is 23.5 Å². The van der Waals surface area contributed by atoms with Gasteiger partial charge in [-0.25, -0.2) is 0 Å². The average Bonchev–Trinajstić information content (AvgIpc) is 2.60. The van der Waals surface area contributed by atoms with Gasteiger partial charge in [0.15, 0.2) is 0 Å². The molecule has 0 amide bonds. The SMILES string of the molecule is C/C=C(\OC)C(c1ccc(NC(C)C)cc1)c1ccc(NC(C)C)cc1. The molecule has 0 unspecified atom stereocenters. The number of hydrogen-bond acceptors (Lipinski definition) is 3. The molecule has 3 nitrogen and oxygen atoms in total. The van der Waals surface area contributed by atoms with Crippen LogP contribution in [0.1, 0.15) is 51.7 Å². The van der Waals surface area contributed by atoms with Crippen LogP contribution in [-0.4, -0.2) is 19.2 Å². The predicted octanol–water partition coefficient (Wildman–Crippen LogP) is 6.01. The number of nitrogens with one attached hydrogen (secondary N) is 2. The first kappa shape index (κ1) is 19.9. The Labute approximate surface area is 158 Å². The minimum Gasteiger partial charge on any atom is -0.500 e. The maximum absolute atomic E-state index is 5.69. The molecule has 0 saturated carbocycles. The fourth-order valence-electron chi connectivity index (χ4n) is 3.13. The molecule has 0 saturated heterocycles. The number of rotatable bonds is 8. The Morgan fingerprint density at radius 3 is 1.42 bits per heavy atom. The molecule has 2 aromatic carbocycles. The third kappa shape index (κ3) is 5.29. The molecular weight excluding hydrogens is 320 g/mol. The van der Waals surface area contributed by atoms with Crippen molar-refractivity contribution >= 4 is 11.4 Å². The topological polar surface area (TPSA) is 33.3 Å². The molecule has 0 fully saturated rings. The first-order valence-corrected chi connectivity index (χ1v) is 9.37. The number of methoxy groups -OCH3 is 1. The predicted molar refractivity (Wildman–Crippen MR) is 113 cm³/mol. The average molecular weight is 353 g/mol. The third-order valence-electron chi connectivity index (χ3n) is 4.20. The second-order valence-corrected chi connectivity index (χ2v) is 7.17. The highest BCUT2D eigenvalue weighted by atomic mass is 16.5. The molecule has 0 aliphatic carbocycles. The molecule has 0 aliphatic rings. The Hall–Kier alpha value is -2.42. The van der Waals surface area contributed by atoms with Crippen molar-refractivity contribution in [3.8, 4) is 0 Å². The first-order valence-electron chi connectivity index (χ1n) is 9.37. The molecule has 2 N–H and O–H groups in total. The van der Waals surface area contributed by atoms with Crippen LogP contribution in [0.5, 0.6) is 0 Å². The van der Waals surface area contributed by atoms with Gasteiger partial charge in [-0.05, 0) is 76.1 Å². The van der Waals surface area contributed by atoms with Crippen LogP contribution >= 0.6 is 0 Å². The fraction of sp³-hybridized carbons (Fsp3) is 0.391. The van der Waals surface area contributed by atoms with Crippen LogP contribution in [0.25, 0.3) is 0 Å². The lowest BCUT2D eigenvalue weighted by atomic mass is 9.89. The summed E-state index contributed by atoms with van der Waals surface area (Å²) >= 11 is 0. The van der Waals surface area contributed by atoms with Crippen LogP contribution < -0.4 is 10.6 Å². The Bertz CT molecular complexity index is 646. The molecule has 0 atom stereocenters. The van der Waals surface area contributed by atoms with Crippen molar-refractivity contribution in [1.29, 1.82) is 0 Å². The van der Waals surface area contributed by atoms with Gasteiger partial charge in [-0.3, -0.25) is 0 Å². The van der Waals surface area contributed by atoms with E-state index in [1.165, 1.54) is 11.1 Å². The summed E-state index contributed by atoms with van der Waals surface area (Å²) in [6.45, 7) is 10.6. The van der Waals surface area contributed by atoms with E-state index in [4.69, 9.17) is 4.74 Å². The highest BCUT2D eigenvalue weighted by molar-refractivity contribution is 5.51. The maximum atomic E-state index is 5.69. The van der Waals surface area contributed by atoms with Crippen LogP contribution in [0.3, 0.4) is 0 Å². The molecule has 0 aromatic heterocycles. The van der Waals surface area contributed by atoms with E-state index in [1.54, 1.807) is 7.11 Å². The van der Waals surface area contributed by atoms with Crippen LogP contribution in [0.2, 0.25) is 0 Å². The summed E-state index contributed by atoms with van der Waals surface area (Å²) in [5, 5.41) is 6.88. The van der Waals surface area contributed by atoms with Gasteiger partial charge in [0.2, 0.25) is 0 Å². The minimum atomic E-state index is 0.0891. The van der Waals surface area contributed by atoms with Crippen LogP contribution in [-0.2, 0) is 4.74 Å².